The zero-order chi connectivity index (χ0) is 5.98. The van der Waals surface area contributed by atoms with Crippen LogP contribution in [-0.4, -0.2) is 14.8 Å². The Labute approximate surface area is 47.4 Å². The maximum absolute atomic E-state index is 4.97. The molecule has 3 heteroatoms. The summed E-state index contributed by atoms with van der Waals surface area (Å²) in [6, 6.07) is 0. The molecule has 0 radical (unpaired) electrons. The van der Waals surface area contributed by atoms with E-state index in [2.05, 4.69) is 16.0 Å². The smallest absolute Gasteiger partial charge is 0.225 e. The summed E-state index contributed by atoms with van der Waals surface area (Å²) in [6.07, 6.45) is 6.54. The van der Waals surface area contributed by atoms with E-state index >= 15 is 0 Å². The minimum Gasteiger partial charge on any atom is -0.255 e. The van der Waals surface area contributed by atoms with Gasteiger partial charge in [-0.3, -0.25) is 4.68 Å². The summed E-state index contributed by atoms with van der Waals surface area (Å²) in [6.45, 7) is 0. The molecule has 0 saturated heterocycles. The van der Waals surface area contributed by atoms with Crippen LogP contribution in [-0.2, 0) is 7.05 Å². The van der Waals surface area contributed by atoms with E-state index in [0.717, 1.165) is 0 Å². The fourth-order valence-electron chi connectivity index (χ4n) is 0.405. The van der Waals surface area contributed by atoms with Gasteiger partial charge < -0.3 is 0 Å². The van der Waals surface area contributed by atoms with Crippen LogP contribution in [0.2, 0.25) is 0 Å². The Balaban J connectivity index is 3.05. The van der Waals surface area contributed by atoms with E-state index < -0.39 is 0 Å². The zero-order valence-electron chi connectivity index (χ0n) is 4.50. The molecule has 1 heterocycles. The molecule has 0 unspecified atom stereocenters. The van der Waals surface area contributed by atoms with E-state index in [1.54, 1.807) is 18.1 Å². The van der Waals surface area contributed by atoms with Crippen molar-refractivity contribution in [3.63, 3.8) is 0 Å². The largest absolute Gasteiger partial charge is 0.255 e. The summed E-state index contributed by atoms with van der Waals surface area (Å²) < 4.78 is 1.56. The van der Waals surface area contributed by atoms with Crippen molar-refractivity contribution in [3.8, 4) is 12.3 Å². The molecule has 1 aromatic heterocycles. The normalized spacial score (nSPS) is 8.50. The topological polar surface area (TPSA) is 30.7 Å². The molecule has 0 spiro atoms. The molecule has 1 aromatic rings. The van der Waals surface area contributed by atoms with Gasteiger partial charge in [-0.25, -0.2) is 4.98 Å². The number of aryl methyl sites for hydroxylation is 1. The van der Waals surface area contributed by atoms with Crippen molar-refractivity contribution in [2.24, 2.45) is 7.05 Å². The van der Waals surface area contributed by atoms with Crippen LogP contribution >= 0.6 is 0 Å². The number of nitrogens with zero attached hydrogens (tertiary/aromatic N) is 3. The van der Waals surface area contributed by atoms with Gasteiger partial charge in [0.2, 0.25) is 5.82 Å². The molecule has 1 rings (SSSR count). The van der Waals surface area contributed by atoms with Gasteiger partial charge in [-0.15, -0.1) is 11.5 Å². The number of terminal acetylenes is 1. The van der Waals surface area contributed by atoms with Gasteiger partial charge >= 0.3 is 0 Å². The van der Waals surface area contributed by atoms with E-state index in [4.69, 9.17) is 6.42 Å². The summed E-state index contributed by atoms with van der Waals surface area (Å²) in [4.78, 5) is 3.75. The molecule has 0 aliphatic carbocycles. The Bertz CT molecular complexity index is 218. The minimum atomic E-state index is 0.438. The van der Waals surface area contributed by atoms with Gasteiger partial charge in [-0.05, 0) is 5.92 Å². The highest BCUT2D eigenvalue weighted by atomic mass is 15.3. The fourth-order valence-corrected chi connectivity index (χ4v) is 0.405. The van der Waals surface area contributed by atoms with Gasteiger partial charge in [-0.1, -0.05) is 0 Å². The van der Waals surface area contributed by atoms with Crippen LogP contribution in [0.5, 0.6) is 0 Å². The van der Waals surface area contributed by atoms with E-state index in [0.29, 0.717) is 5.82 Å². The molecule has 0 aromatic carbocycles. The van der Waals surface area contributed by atoms with Crippen LogP contribution in [0.1, 0.15) is 5.82 Å². The van der Waals surface area contributed by atoms with Crippen LogP contribution in [0.4, 0.5) is 0 Å². The Morgan fingerprint density at radius 2 is 2.62 bits per heavy atom. The van der Waals surface area contributed by atoms with Crippen molar-refractivity contribution in [3.05, 3.63) is 12.2 Å². The van der Waals surface area contributed by atoms with E-state index in [-0.39, 0.29) is 0 Å². The summed E-state index contributed by atoms with van der Waals surface area (Å²) in [7, 11) is 1.77. The third kappa shape index (κ3) is 0.684. The van der Waals surface area contributed by atoms with Crippen molar-refractivity contribution in [1.82, 2.24) is 14.8 Å². The number of hydrogen-bond acceptors (Lipinski definition) is 2. The van der Waals surface area contributed by atoms with Crippen molar-refractivity contribution < 1.29 is 0 Å². The van der Waals surface area contributed by atoms with Crippen molar-refractivity contribution in [1.29, 1.82) is 0 Å². The van der Waals surface area contributed by atoms with Gasteiger partial charge in [0.25, 0.3) is 0 Å². The maximum atomic E-state index is 4.97. The molecule has 8 heavy (non-hydrogen) atoms. The van der Waals surface area contributed by atoms with Gasteiger partial charge in [0.15, 0.2) is 0 Å². The fraction of sp³-hybridized carbons (Fsp3) is 0.200. The van der Waals surface area contributed by atoms with Crippen LogP contribution in [0.25, 0.3) is 0 Å². The Kier molecular flexibility index (Phi) is 1.01. The summed E-state index contributed by atoms with van der Waals surface area (Å²) >= 11 is 0. The second-order valence-electron chi connectivity index (χ2n) is 1.39. The van der Waals surface area contributed by atoms with Gasteiger partial charge in [0.05, 0.1) is 0 Å². The van der Waals surface area contributed by atoms with Crippen LogP contribution in [0, 0.1) is 12.3 Å². The third-order valence-electron chi connectivity index (χ3n) is 0.729. The number of aromatic nitrogens is 3. The molecule has 0 saturated carbocycles. The lowest BCUT2D eigenvalue weighted by Gasteiger charge is -1.76. The monoisotopic (exact) mass is 107 g/mol. The Morgan fingerprint density at radius 1 is 1.88 bits per heavy atom. The standard InChI is InChI=1S/C5H5N3/c1-3-5-6-4-8(2)7-5/h1,4H,2H3. The highest BCUT2D eigenvalue weighted by molar-refractivity contribution is 5.12. The lowest BCUT2D eigenvalue weighted by molar-refractivity contribution is 0.762. The number of hydrogen-bond donors (Lipinski definition) is 0. The van der Waals surface area contributed by atoms with Crippen LogP contribution < -0.4 is 0 Å². The highest BCUT2D eigenvalue weighted by Crippen LogP contribution is 1.80. The first-order valence-electron chi connectivity index (χ1n) is 2.15. The first kappa shape index (κ1) is 4.85. The summed E-state index contributed by atoms with van der Waals surface area (Å²) in [5.74, 6) is 2.74. The first-order chi connectivity index (χ1) is 3.83. The summed E-state index contributed by atoms with van der Waals surface area (Å²) in [5, 5.41) is 3.80. The molecule has 0 aliphatic rings. The SMILES string of the molecule is C#Cc1ncn(C)n1. The predicted octanol–water partition coefficient (Wildman–Crippen LogP) is -0.204. The molecule has 0 aliphatic heterocycles. The number of rotatable bonds is 0. The van der Waals surface area contributed by atoms with Crippen molar-refractivity contribution >= 4 is 0 Å². The predicted molar refractivity (Wildman–Crippen MR) is 28.9 cm³/mol. The highest BCUT2D eigenvalue weighted by Gasteiger charge is 1.87. The van der Waals surface area contributed by atoms with Crippen LogP contribution in [0.3, 0.4) is 0 Å². The van der Waals surface area contributed by atoms with Crippen molar-refractivity contribution in [2.45, 2.75) is 0 Å². The Hall–Kier alpha value is -1.30. The second-order valence-corrected chi connectivity index (χ2v) is 1.39. The maximum Gasteiger partial charge on any atom is 0.225 e. The lowest BCUT2D eigenvalue weighted by Crippen LogP contribution is -1.86. The van der Waals surface area contributed by atoms with E-state index in [9.17, 15) is 0 Å². The molecule has 40 valence electrons. The third-order valence-corrected chi connectivity index (χ3v) is 0.729. The molecule has 0 N–H and O–H groups in total. The molecule has 0 bridgehead atoms. The molecule has 0 atom stereocenters. The molecule has 0 fully saturated rings. The molecular formula is C5H5N3. The van der Waals surface area contributed by atoms with E-state index in [1.807, 2.05) is 0 Å². The minimum absolute atomic E-state index is 0.438. The van der Waals surface area contributed by atoms with Crippen LogP contribution in [0.15, 0.2) is 6.33 Å². The van der Waals surface area contributed by atoms with Gasteiger partial charge in [0.1, 0.15) is 6.33 Å². The van der Waals surface area contributed by atoms with Gasteiger partial charge in [0, 0.05) is 7.05 Å². The summed E-state index contributed by atoms with van der Waals surface area (Å²) in [5.41, 5.74) is 0. The Morgan fingerprint density at radius 3 is 2.88 bits per heavy atom. The molecule has 3 nitrogen and oxygen atoms in total. The second kappa shape index (κ2) is 1.66. The van der Waals surface area contributed by atoms with Crippen molar-refractivity contribution in [2.75, 3.05) is 0 Å². The average molecular weight is 107 g/mol. The zero-order valence-corrected chi connectivity index (χ0v) is 4.50. The molecule has 0 amide bonds. The van der Waals surface area contributed by atoms with Gasteiger partial charge in [-0.2, -0.15) is 0 Å². The lowest BCUT2D eigenvalue weighted by atomic mass is 10.7. The first-order valence-corrected chi connectivity index (χ1v) is 2.15. The van der Waals surface area contributed by atoms with E-state index in [1.165, 1.54) is 0 Å². The molecular weight excluding hydrogens is 102 g/mol. The average Bonchev–Trinajstić information content (AvgIpc) is 2.14. The quantitative estimate of drug-likeness (QED) is 0.430.